The zero-order valence-corrected chi connectivity index (χ0v) is 24.4. The molecule has 0 aliphatic carbocycles. The fraction of sp³-hybridized carbons (Fsp3) is 0.481. The summed E-state index contributed by atoms with van der Waals surface area (Å²) >= 11 is 6.41. The average Bonchev–Trinajstić information content (AvgIpc) is 2.84. The Labute approximate surface area is 226 Å². The van der Waals surface area contributed by atoms with Crippen LogP contribution in [0.1, 0.15) is 50.3 Å². The fourth-order valence-corrected chi connectivity index (χ4v) is 5.17. The van der Waals surface area contributed by atoms with Crippen molar-refractivity contribution in [3.63, 3.8) is 0 Å². The molecule has 8 nitrogen and oxygen atoms in total. The van der Waals surface area contributed by atoms with Crippen molar-refractivity contribution in [2.45, 2.75) is 66.1 Å². The summed E-state index contributed by atoms with van der Waals surface area (Å²) in [5.74, 6) is -0.789. The number of amides is 2. The smallest absolute Gasteiger partial charge is 0.304 e. The number of carbonyl (C=O) groups is 2. The second kappa shape index (κ2) is 13.3. The van der Waals surface area contributed by atoms with Gasteiger partial charge in [-0.15, -0.1) is 0 Å². The number of rotatable bonds is 12. The molecule has 0 aliphatic heterocycles. The molecule has 10 heteroatoms. The van der Waals surface area contributed by atoms with E-state index < -0.39 is 28.7 Å². The molecule has 2 amide bonds. The van der Waals surface area contributed by atoms with Crippen LogP contribution in [0.2, 0.25) is 5.02 Å². The number of halogens is 1. The number of aryl methyl sites for hydroxylation is 2. The minimum absolute atomic E-state index is 0.0631. The molecule has 0 heterocycles. The van der Waals surface area contributed by atoms with Gasteiger partial charge < -0.3 is 10.2 Å². The first-order chi connectivity index (χ1) is 17.3. The van der Waals surface area contributed by atoms with Gasteiger partial charge in [0.25, 0.3) is 0 Å². The largest absolute Gasteiger partial charge is 0.352 e. The Morgan fingerprint density at radius 3 is 2.24 bits per heavy atom. The molecule has 0 bridgehead atoms. The monoisotopic (exact) mass is 550 g/mol. The van der Waals surface area contributed by atoms with Gasteiger partial charge in [-0.3, -0.25) is 9.59 Å². The van der Waals surface area contributed by atoms with Crippen LogP contribution < -0.4 is 9.62 Å². The Bertz CT molecular complexity index is 1200. The van der Waals surface area contributed by atoms with Crippen molar-refractivity contribution >= 4 is 39.3 Å². The highest BCUT2D eigenvalue weighted by Gasteiger charge is 2.34. The van der Waals surface area contributed by atoms with Crippen molar-refractivity contribution < 1.29 is 18.0 Å². The van der Waals surface area contributed by atoms with Gasteiger partial charge >= 0.3 is 10.2 Å². The van der Waals surface area contributed by atoms with Crippen LogP contribution in [0.15, 0.2) is 42.5 Å². The molecule has 0 aromatic heterocycles. The van der Waals surface area contributed by atoms with E-state index >= 15 is 0 Å². The minimum atomic E-state index is -4.02. The van der Waals surface area contributed by atoms with E-state index in [9.17, 15) is 18.0 Å². The molecule has 0 aliphatic rings. The van der Waals surface area contributed by atoms with Crippen LogP contribution in [-0.2, 0) is 26.3 Å². The van der Waals surface area contributed by atoms with E-state index in [2.05, 4.69) is 5.32 Å². The van der Waals surface area contributed by atoms with Crippen molar-refractivity contribution in [2.75, 3.05) is 24.9 Å². The SMILES string of the molecule is CCC(C)NC(=O)C(CC)N(Cc1ccccc1Cl)C(=O)CN(c1cc(C)ccc1C)S(=O)(=O)N(C)C. The third kappa shape index (κ3) is 7.69. The van der Waals surface area contributed by atoms with Gasteiger partial charge in [-0.1, -0.05) is 55.8 Å². The second-order valence-corrected chi connectivity index (χ2v) is 11.9. The van der Waals surface area contributed by atoms with Crippen LogP contribution in [0.3, 0.4) is 0 Å². The lowest BCUT2D eigenvalue weighted by Gasteiger charge is -2.35. The first-order valence-electron chi connectivity index (χ1n) is 12.4. The third-order valence-corrected chi connectivity index (χ3v) is 8.51. The Hall–Kier alpha value is -2.62. The standard InChI is InChI=1S/C27H39ClN4O4S/c1-8-21(5)29-27(34)24(9-2)31(17-22-12-10-11-13-23(22)28)26(33)18-32(37(35,36)30(6)7)25-16-19(3)14-15-20(25)4/h10-16,21,24H,8-9,17-18H2,1-7H3,(H,29,34). The topological polar surface area (TPSA) is 90.0 Å². The van der Waals surface area contributed by atoms with E-state index in [4.69, 9.17) is 11.6 Å². The minimum Gasteiger partial charge on any atom is -0.352 e. The van der Waals surface area contributed by atoms with Gasteiger partial charge in [-0.25, -0.2) is 4.31 Å². The summed E-state index contributed by atoms with van der Waals surface area (Å²) in [4.78, 5) is 28.6. The highest BCUT2D eigenvalue weighted by Crippen LogP contribution is 2.27. The molecule has 2 atom stereocenters. The third-order valence-electron chi connectivity index (χ3n) is 6.34. The number of anilines is 1. The van der Waals surface area contributed by atoms with E-state index in [1.54, 1.807) is 31.2 Å². The summed E-state index contributed by atoms with van der Waals surface area (Å²) in [5, 5.41) is 3.42. The maximum absolute atomic E-state index is 13.9. The summed E-state index contributed by atoms with van der Waals surface area (Å²) in [6.07, 6.45) is 1.09. The fourth-order valence-electron chi connectivity index (χ4n) is 3.86. The van der Waals surface area contributed by atoms with Crippen molar-refractivity contribution in [2.24, 2.45) is 0 Å². The van der Waals surface area contributed by atoms with Crippen LogP contribution in [0.5, 0.6) is 0 Å². The number of nitrogens with zero attached hydrogens (tertiary/aromatic N) is 3. The highest BCUT2D eigenvalue weighted by molar-refractivity contribution is 7.90. The zero-order valence-electron chi connectivity index (χ0n) is 22.8. The summed E-state index contributed by atoms with van der Waals surface area (Å²) in [6, 6.07) is 11.7. The molecule has 2 aromatic rings. The Morgan fingerprint density at radius 2 is 1.68 bits per heavy atom. The number of hydrogen-bond acceptors (Lipinski definition) is 4. The molecule has 0 saturated heterocycles. The second-order valence-electron chi connectivity index (χ2n) is 9.44. The number of nitrogens with one attached hydrogen (secondary N) is 1. The molecule has 37 heavy (non-hydrogen) atoms. The molecule has 2 unspecified atom stereocenters. The van der Waals surface area contributed by atoms with Gasteiger partial charge in [0.1, 0.15) is 12.6 Å². The summed E-state index contributed by atoms with van der Waals surface area (Å²) < 4.78 is 29.0. The van der Waals surface area contributed by atoms with E-state index in [0.29, 0.717) is 28.3 Å². The van der Waals surface area contributed by atoms with Crippen LogP contribution in [0.4, 0.5) is 5.69 Å². The van der Waals surface area contributed by atoms with Gasteiger partial charge in [0.05, 0.1) is 5.69 Å². The van der Waals surface area contributed by atoms with E-state index in [-0.39, 0.29) is 18.5 Å². The van der Waals surface area contributed by atoms with Gasteiger partial charge in [-0.2, -0.15) is 12.7 Å². The molecule has 0 fully saturated rings. The predicted molar refractivity (Wildman–Crippen MR) is 150 cm³/mol. The summed E-state index contributed by atoms with van der Waals surface area (Å²) in [5.41, 5.74) is 2.65. The molecule has 2 aromatic carbocycles. The molecule has 204 valence electrons. The molecular weight excluding hydrogens is 512 g/mol. The van der Waals surface area contributed by atoms with Crippen LogP contribution in [0.25, 0.3) is 0 Å². The lowest BCUT2D eigenvalue weighted by atomic mass is 10.1. The van der Waals surface area contributed by atoms with Crippen LogP contribution in [0, 0.1) is 13.8 Å². The van der Waals surface area contributed by atoms with Crippen molar-refractivity contribution in [3.8, 4) is 0 Å². The van der Waals surface area contributed by atoms with Gasteiger partial charge in [0.15, 0.2) is 0 Å². The Balaban J connectivity index is 2.57. The number of carbonyl (C=O) groups excluding carboxylic acids is 2. The molecule has 0 saturated carbocycles. The van der Waals surface area contributed by atoms with Gasteiger partial charge in [-0.05, 0) is 62.4 Å². The molecular formula is C27H39ClN4O4S. The zero-order chi connectivity index (χ0) is 27.9. The maximum Gasteiger partial charge on any atom is 0.304 e. The first kappa shape index (κ1) is 30.6. The average molecular weight is 551 g/mol. The van der Waals surface area contributed by atoms with Crippen molar-refractivity contribution in [1.82, 2.24) is 14.5 Å². The Morgan fingerprint density at radius 1 is 1.03 bits per heavy atom. The van der Waals surface area contributed by atoms with Crippen molar-refractivity contribution in [1.29, 1.82) is 0 Å². The summed E-state index contributed by atoms with van der Waals surface area (Å²) in [7, 11) is -1.18. The van der Waals surface area contributed by atoms with E-state index in [1.165, 1.54) is 19.0 Å². The number of benzene rings is 2. The highest BCUT2D eigenvalue weighted by atomic mass is 35.5. The first-order valence-corrected chi connectivity index (χ1v) is 14.2. The molecule has 2 rings (SSSR count). The lowest BCUT2D eigenvalue weighted by molar-refractivity contribution is -0.140. The summed E-state index contributed by atoms with van der Waals surface area (Å²) in [6.45, 7) is 8.95. The van der Waals surface area contributed by atoms with Crippen LogP contribution >= 0.6 is 11.6 Å². The predicted octanol–water partition coefficient (Wildman–Crippen LogP) is 4.29. The van der Waals surface area contributed by atoms with Gasteiger partial charge in [0.2, 0.25) is 11.8 Å². The Kier molecular flexibility index (Phi) is 11.0. The van der Waals surface area contributed by atoms with E-state index in [1.807, 2.05) is 45.9 Å². The van der Waals surface area contributed by atoms with Crippen molar-refractivity contribution in [3.05, 3.63) is 64.2 Å². The van der Waals surface area contributed by atoms with Gasteiger partial charge in [0, 0.05) is 31.7 Å². The molecule has 0 radical (unpaired) electrons. The molecule has 1 N–H and O–H groups in total. The number of hydrogen-bond donors (Lipinski definition) is 1. The lowest BCUT2D eigenvalue weighted by Crippen LogP contribution is -2.54. The quantitative estimate of drug-likeness (QED) is 0.427. The molecule has 0 spiro atoms. The maximum atomic E-state index is 13.9. The van der Waals surface area contributed by atoms with Crippen LogP contribution in [-0.4, -0.2) is 62.2 Å². The normalized spacial score (nSPS) is 13.2. The van der Waals surface area contributed by atoms with E-state index in [0.717, 1.165) is 20.6 Å².